The fraction of sp³-hybridized carbons (Fsp3) is 0.786. The summed E-state index contributed by atoms with van der Waals surface area (Å²) in [5.41, 5.74) is 0. The second-order valence-corrected chi connectivity index (χ2v) is 14.0. The van der Waals surface area contributed by atoms with E-state index in [1.807, 2.05) is 6.08 Å². The number of unbranched alkanes of at least 4 members (excludes halogenated alkanes) is 16. The molecule has 0 aliphatic carbocycles. The molecule has 0 aromatic rings. The maximum absolute atomic E-state index is 12.9. The van der Waals surface area contributed by atoms with Gasteiger partial charge in [-0.3, -0.25) is 4.79 Å². The molecule has 7 atom stereocenters. The number of hydrogen-bond acceptors (Lipinski definition) is 8. The first-order valence-electron chi connectivity index (χ1n) is 20.4. The molecule has 1 saturated heterocycles. The fourth-order valence-corrected chi connectivity index (χ4v) is 6.11. The number of nitrogens with one attached hydrogen (secondary N) is 1. The van der Waals surface area contributed by atoms with E-state index < -0.39 is 49.5 Å². The normalized spacial score (nSPS) is 22.5. The Balaban J connectivity index is 2.45. The Morgan fingerprint density at radius 2 is 1.22 bits per heavy atom. The van der Waals surface area contributed by atoms with Crippen LogP contribution in [-0.2, 0) is 14.3 Å². The summed E-state index contributed by atoms with van der Waals surface area (Å²) in [6.07, 6.45) is 32.9. The molecule has 1 aliphatic heterocycles. The van der Waals surface area contributed by atoms with E-state index in [0.717, 1.165) is 77.0 Å². The van der Waals surface area contributed by atoms with Crippen LogP contribution in [0.1, 0.15) is 155 Å². The number of hydrogen-bond donors (Lipinski definition) is 6. The van der Waals surface area contributed by atoms with E-state index in [2.05, 4.69) is 55.6 Å². The molecule has 51 heavy (non-hydrogen) atoms. The largest absolute Gasteiger partial charge is 0.394 e. The van der Waals surface area contributed by atoms with E-state index in [9.17, 15) is 30.3 Å². The number of ether oxygens (including phenoxy) is 2. The zero-order valence-corrected chi connectivity index (χ0v) is 32.1. The third kappa shape index (κ3) is 24.2. The Hall–Kier alpha value is -1.85. The molecule has 1 fully saturated rings. The summed E-state index contributed by atoms with van der Waals surface area (Å²) in [6, 6.07) is -0.812. The number of aliphatic hydroxyl groups is 5. The lowest BCUT2D eigenvalue weighted by atomic mass is 9.99. The Labute approximate surface area is 310 Å². The maximum atomic E-state index is 12.9. The molecular formula is C42H75NO8. The van der Waals surface area contributed by atoms with Crippen molar-refractivity contribution in [3.8, 4) is 0 Å². The highest BCUT2D eigenvalue weighted by molar-refractivity contribution is 5.76. The molecule has 296 valence electrons. The predicted octanol–water partition coefficient (Wildman–Crippen LogP) is 7.50. The van der Waals surface area contributed by atoms with Gasteiger partial charge in [0.25, 0.3) is 0 Å². The highest BCUT2D eigenvalue weighted by Gasteiger charge is 2.44. The van der Waals surface area contributed by atoms with Gasteiger partial charge in [-0.25, -0.2) is 0 Å². The van der Waals surface area contributed by atoms with Crippen molar-refractivity contribution >= 4 is 5.91 Å². The molecule has 1 amide bonds. The van der Waals surface area contributed by atoms with Gasteiger partial charge in [0.15, 0.2) is 6.29 Å². The molecule has 0 bridgehead atoms. The van der Waals surface area contributed by atoms with E-state index in [-0.39, 0.29) is 12.5 Å². The first-order chi connectivity index (χ1) is 24.8. The van der Waals surface area contributed by atoms with Crippen molar-refractivity contribution in [3.63, 3.8) is 0 Å². The van der Waals surface area contributed by atoms with Gasteiger partial charge in [-0.1, -0.05) is 146 Å². The molecule has 0 saturated carbocycles. The smallest absolute Gasteiger partial charge is 0.220 e. The molecule has 6 N–H and O–H groups in total. The summed E-state index contributed by atoms with van der Waals surface area (Å²) in [6.45, 7) is 3.62. The number of amides is 1. The van der Waals surface area contributed by atoms with Gasteiger partial charge in [-0.05, 0) is 51.4 Å². The topological polar surface area (TPSA) is 149 Å². The average molecular weight is 722 g/mol. The molecule has 1 rings (SSSR count). The minimum absolute atomic E-state index is 0.197. The van der Waals surface area contributed by atoms with Crippen molar-refractivity contribution in [1.29, 1.82) is 0 Å². The Morgan fingerprint density at radius 1 is 0.686 bits per heavy atom. The van der Waals surface area contributed by atoms with Crippen LogP contribution in [0.5, 0.6) is 0 Å². The molecule has 9 heteroatoms. The first kappa shape index (κ1) is 47.2. The number of carbonyl (C=O) groups excluding carboxylic acids is 1. The van der Waals surface area contributed by atoms with Crippen LogP contribution in [0.3, 0.4) is 0 Å². The molecule has 1 aliphatic rings. The van der Waals surface area contributed by atoms with Crippen LogP contribution in [0.4, 0.5) is 0 Å². The van der Waals surface area contributed by atoms with E-state index >= 15 is 0 Å². The van der Waals surface area contributed by atoms with Crippen LogP contribution < -0.4 is 5.32 Å². The molecular weight excluding hydrogens is 646 g/mol. The van der Waals surface area contributed by atoms with Gasteiger partial charge in [0.2, 0.25) is 5.91 Å². The zero-order valence-electron chi connectivity index (χ0n) is 32.1. The van der Waals surface area contributed by atoms with Crippen LogP contribution >= 0.6 is 0 Å². The van der Waals surface area contributed by atoms with Gasteiger partial charge in [0.1, 0.15) is 24.4 Å². The van der Waals surface area contributed by atoms with Crippen molar-refractivity contribution in [2.45, 2.75) is 198 Å². The monoisotopic (exact) mass is 722 g/mol. The number of carbonyl (C=O) groups is 1. The van der Waals surface area contributed by atoms with Crippen molar-refractivity contribution in [2.75, 3.05) is 13.2 Å². The van der Waals surface area contributed by atoms with Crippen molar-refractivity contribution in [3.05, 3.63) is 48.6 Å². The van der Waals surface area contributed by atoms with Crippen LogP contribution in [-0.4, -0.2) is 87.5 Å². The fourth-order valence-electron chi connectivity index (χ4n) is 6.11. The Morgan fingerprint density at radius 3 is 1.80 bits per heavy atom. The second kappa shape index (κ2) is 32.8. The van der Waals surface area contributed by atoms with E-state index in [0.29, 0.717) is 6.42 Å². The van der Waals surface area contributed by atoms with Crippen molar-refractivity contribution in [1.82, 2.24) is 5.32 Å². The SMILES string of the molecule is CC/C=C/C/C=C/C/C=C/CCCCCCCC(=O)N[C@@H](COC1OC(CO)C(O)[C@H](O)C1O)[C@H](O)/C=C/CCCCCCCCCCCCC. The molecule has 4 unspecified atom stereocenters. The maximum Gasteiger partial charge on any atom is 0.220 e. The first-order valence-corrected chi connectivity index (χ1v) is 20.4. The van der Waals surface area contributed by atoms with Gasteiger partial charge in [-0.15, -0.1) is 0 Å². The molecule has 1 heterocycles. The summed E-state index contributed by atoms with van der Waals surface area (Å²) in [4.78, 5) is 12.9. The van der Waals surface area contributed by atoms with Gasteiger partial charge < -0.3 is 40.3 Å². The summed E-state index contributed by atoms with van der Waals surface area (Å²) in [7, 11) is 0. The van der Waals surface area contributed by atoms with Crippen molar-refractivity contribution in [2.24, 2.45) is 0 Å². The molecule has 0 aromatic heterocycles. The standard InChI is InChI=1S/C42H75NO8/c1-3-5-7-9-11-13-15-17-18-20-22-24-26-28-30-32-38(46)43-35(34-50-42-41(49)40(48)39(47)37(33-44)51-42)36(45)31-29-27-25-23-21-19-16-14-12-10-8-6-4-2/h5,7,11,13,17-18,29,31,35-37,39-42,44-45,47-49H,3-4,6,8-10,12,14-16,19-28,30,32-34H2,1-2H3,(H,43,46)/b7-5+,13-11+,18-17+,31-29+/t35-,36+,37?,39?,40-,41?,42?/m0/s1. The summed E-state index contributed by atoms with van der Waals surface area (Å²) < 4.78 is 11.2. The van der Waals surface area contributed by atoms with Gasteiger partial charge in [0.05, 0.1) is 25.4 Å². The van der Waals surface area contributed by atoms with Gasteiger partial charge in [-0.2, -0.15) is 0 Å². The molecule has 0 spiro atoms. The summed E-state index contributed by atoms with van der Waals surface area (Å²) in [5, 5.41) is 54.0. The zero-order chi connectivity index (χ0) is 37.4. The average Bonchev–Trinajstić information content (AvgIpc) is 3.13. The van der Waals surface area contributed by atoms with Crippen LogP contribution in [0.2, 0.25) is 0 Å². The summed E-state index contributed by atoms with van der Waals surface area (Å²) in [5.74, 6) is -0.198. The van der Waals surface area contributed by atoms with Gasteiger partial charge >= 0.3 is 0 Å². The predicted molar refractivity (Wildman–Crippen MR) is 207 cm³/mol. The lowest BCUT2D eigenvalue weighted by Crippen LogP contribution is -2.60. The number of allylic oxidation sites excluding steroid dienone is 7. The minimum Gasteiger partial charge on any atom is -0.394 e. The quantitative estimate of drug-likeness (QED) is 0.0309. The third-order valence-electron chi connectivity index (χ3n) is 9.41. The van der Waals surface area contributed by atoms with Crippen LogP contribution in [0.15, 0.2) is 48.6 Å². The van der Waals surface area contributed by atoms with Crippen LogP contribution in [0, 0.1) is 0 Å². The second-order valence-electron chi connectivity index (χ2n) is 14.0. The van der Waals surface area contributed by atoms with E-state index in [1.54, 1.807) is 6.08 Å². The molecule has 0 aromatic carbocycles. The highest BCUT2D eigenvalue weighted by Crippen LogP contribution is 2.22. The van der Waals surface area contributed by atoms with Crippen molar-refractivity contribution < 1.29 is 39.8 Å². The van der Waals surface area contributed by atoms with E-state index in [4.69, 9.17) is 9.47 Å². The number of aliphatic hydroxyl groups excluding tert-OH is 5. The minimum atomic E-state index is -1.57. The van der Waals surface area contributed by atoms with Crippen LogP contribution in [0.25, 0.3) is 0 Å². The molecule has 9 nitrogen and oxygen atoms in total. The Bertz CT molecular complexity index is 936. The molecule has 0 radical (unpaired) electrons. The third-order valence-corrected chi connectivity index (χ3v) is 9.41. The van der Waals surface area contributed by atoms with Gasteiger partial charge in [0, 0.05) is 6.42 Å². The highest BCUT2D eigenvalue weighted by atomic mass is 16.7. The lowest BCUT2D eigenvalue weighted by molar-refractivity contribution is -0.302. The Kier molecular flexibility index (Phi) is 30.3. The number of rotatable bonds is 32. The lowest BCUT2D eigenvalue weighted by Gasteiger charge is -2.40. The summed E-state index contributed by atoms with van der Waals surface area (Å²) >= 11 is 0. The van der Waals surface area contributed by atoms with E-state index in [1.165, 1.54) is 57.8 Å².